The zero-order valence-electron chi connectivity index (χ0n) is 11.6. The number of carbonyl (C=O) groups is 3. The smallest absolute Gasteiger partial charge is 0.414 e. The molecule has 0 aliphatic carbocycles. The lowest BCUT2D eigenvalue weighted by Gasteiger charge is -2.17. The van der Waals surface area contributed by atoms with E-state index in [9.17, 15) is 14.4 Å². The maximum absolute atomic E-state index is 11.2. The molecule has 0 spiro atoms. The first kappa shape index (κ1) is 17.7. The van der Waals surface area contributed by atoms with Gasteiger partial charge in [0.2, 0.25) is 5.96 Å². The van der Waals surface area contributed by atoms with Gasteiger partial charge in [-0.2, -0.15) is 0 Å². The van der Waals surface area contributed by atoms with E-state index in [-0.39, 0.29) is 19.1 Å². The van der Waals surface area contributed by atoms with Crippen LogP contribution in [0.5, 0.6) is 0 Å². The van der Waals surface area contributed by atoms with Crippen molar-refractivity contribution in [2.24, 2.45) is 5.92 Å². The zero-order chi connectivity index (χ0) is 15.7. The van der Waals surface area contributed by atoms with Gasteiger partial charge >= 0.3 is 18.0 Å². The highest BCUT2D eigenvalue weighted by Gasteiger charge is 2.13. The quantitative estimate of drug-likeness (QED) is 0.268. The predicted octanol–water partition coefficient (Wildman–Crippen LogP) is -0.137. The molecule has 0 atom stereocenters. The minimum Gasteiger partial charge on any atom is -0.480 e. The largest absolute Gasteiger partial charge is 0.480 e. The SMILES string of the molecule is CC(C)C(=O)OCCOC(=O)NC(=N)N(C)CC(=O)O. The minimum atomic E-state index is -1.13. The summed E-state index contributed by atoms with van der Waals surface area (Å²) in [4.78, 5) is 33.7. The van der Waals surface area contributed by atoms with E-state index in [0.717, 1.165) is 4.90 Å². The molecule has 0 aliphatic heterocycles. The number of carboxylic acid groups (broad SMARTS) is 1. The third-order valence-corrected chi connectivity index (χ3v) is 2.01. The van der Waals surface area contributed by atoms with Gasteiger partial charge in [0.1, 0.15) is 19.8 Å². The second-order valence-electron chi connectivity index (χ2n) is 4.18. The predicted molar refractivity (Wildman–Crippen MR) is 68.3 cm³/mol. The van der Waals surface area contributed by atoms with E-state index in [4.69, 9.17) is 15.3 Å². The maximum atomic E-state index is 11.2. The molecule has 0 aliphatic rings. The Labute approximate surface area is 116 Å². The molecule has 0 heterocycles. The average Bonchev–Trinajstić information content (AvgIpc) is 2.33. The lowest BCUT2D eigenvalue weighted by atomic mass is 10.2. The summed E-state index contributed by atoms with van der Waals surface area (Å²) in [5.41, 5.74) is 0. The Kier molecular flexibility index (Phi) is 7.71. The monoisotopic (exact) mass is 289 g/mol. The Balaban J connectivity index is 3.86. The first-order valence-corrected chi connectivity index (χ1v) is 5.86. The van der Waals surface area contributed by atoms with E-state index >= 15 is 0 Å². The molecule has 0 saturated heterocycles. The summed E-state index contributed by atoms with van der Waals surface area (Å²) in [6, 6.07) is 0. The van der Waals surface area contributed by atoms with E-state index in [1.807, 2.05) is 5.32 Å². The number of likely N-dealkylation sites (N-methyl/N-ethyl adjacent to an activating group) is 1. The number of esters is 1. The van der Waals surface area contributed by atoms with Crippen molar-refractivity contribution in [1.29, 1.82) is 5.41 Å². The van der Waals surface area contributed by atoms with Crippen LogP contribution in [0.15, 0.2) is 0 Å². The molecule has 0 rings (SSSR count). The van der Waals surface area contributed by atoms with Gasteiger partial charge in [0.15, 0.2) is 0 Å². The van der Waals surface area contributed by atoms with Crippen LogP contribution in [-0.2, 0) is 19.1 Å². The van der Waals surface area contributed by atoms with Gasteiger partial charge in [0, 0.05) is 7.05 Å². The van der Waals surface area contributed by atoms with Crippen molar-refractivity contribution in [3.63, 3.8) is 0 Å². The first-order chi connectivity index (χ1) is 9.23. The number of alkyl carbamates (subject to hydrolysis) is 1. The van der Waals surface area contributed by atoms with Crippen LogP contribution < -0.4 is 5.32 Å². The van der Waals surface area contributed by atoms with Crippen molar-refractivity contribution < 1.29 is 29.0 Å². The molecule has 0 aromatic carbocycles. The third kappa shape index (κ3) is 7.90. The standard InChI is InChI=1S/C11H19N3O6/c1-7(2)9(17)19-4-5-20-11(18)13-10(12)14(3)6-8(15)16/h7H,4-6H2,1-3H3,(H,15,16)(H2,12,13,18). The summed E-state index contributed by atoms with van der Waals surface area (Å²) < 4.78 is 9.43. The Hall–Kier alpha value is -2.32. The summed E-state index contributed by atoms with van der Waals surface area (Å²) in [6.45, 7) is 2.69. The number of guanidine groups is 1. The molecule has 0 unspecified atom stereocenters. The molecule has 0 fully saturated rings. The van der Waals surface area contributed by atoms with Gasteiger partial charge in [0.05, 0.1) is 5.92 Å². The van der Waals surface area contributed by atoms with E-state index in [0.29, 0.717) is 0 Å². The van der Waals surface area contributed by atoms with Crippen molar-refractivity contribution in [3.8, 4) is 0 Å². The highest BCUT2D eigenvalue weighted by Crippen LogP contribution is 1.95. The van der Waals surface area contributed by atoms with Gasteiger partial charge in [-0.1, -0.05) is 13.8 Å². The number of amides is 1. The van der Waals surface area contributed by atoms with Crippen molar-refractivity contribution >= 4 is 24.0 Å². The van der Waals surface area contributed by atoms with E-state index < -0.39 is 30.5 Å². The van der Waals surface area contributed by atoms with Crippen LogP contribution in [0.4, 0.5) is 4.79 Å². The van der Waals surface area contributed by atoms with Crippen LogP contribution >= 0.6 is 0 Å². The molecular formula is C11H19N3O6. The number of carbonyl (C=O) groups excluding carboxylic acids is 2. The average molecular weight is 289 g/mol. The topological polar surface area (TPSA) is 129 Å². The second kappa shape index (κ2) is 8.73. The van der Waals surface area contributed by atoms with Crippen LogP contribution in [-0.4, -0.2) is 60.8 Å². The van der Waals surface area contributed by atoms with Crippen LogP contribution in [0.25, 0.3) is 0 Å². The summed E-state index contributed by atoms with van der Waals surface area (Å²) in [7, 11) is 1.33. The number of rotatable bonds is 6. The highest BCUT2D eigenvalue weighted by atomic mass is 16.6. The molecule has 0 radical (unpaired) electrons. The van der Waals surface area contributed by atoms with Crippen LogP contribution in [0, 0.1) is 11.3 Å². The lowest BCUT2D eigenvalue weighted by molar-refractivity contribution is -0.148. The fourth-order valence-electron chi connectivity index (χ4n) is 0.953. The summed E-state index contributed by atoms with van der Waals surface area (Å²) in [5, 5.41) is 17.9. The minimum absolute atomic E-state index is 0.0806. The van der Waals surface area contributed by atoms with Gasteiger partial charge in [0.25, 0.3) is 0 Å². The molecule has 9 heteroatoms. The summed E-state index contributed by atoms with van der Waals surface area (Å²) in [6.07, 6.45) is -0.923. The molecule has 1 amide bonds. The number of carboxylic acids is 1. The summed E-state index contributed by atoms with van der Waals surface area (Å²) >= 11 is 0. The Morgan fingerprint density at radius 2 is 1.80 bits per heavy atom. The highest BCUT2D eigenvalue weighted by molar-refractivity contribution is 5.93. The fourth-order valence-corrected chi connectivity index (χ4v) is 0.953. The van der Waals surface area contributed by atoms with Gasteiger partial charge in [-0.05, 0) is 0 Å². The molecule has 0 aromatic heterocycles. The lowest BCUT2D eigenvalue weighted by Crippen LogP contribution is -2.43. The van der Waals surface area contributed by atoms with E-state index in [1.54, 1.807) is 13.8 Å². The van der Waals surface area contributed by atoms with Crippen molar-refractivity contribution in [1.82, 2.24) is 10.2 Å². The fraction of sp³-hybridized carbons (Fsp3) is 0.636. The number of nitrogens with one attached hydrogen (secondary N) is 2. The van der Waals surface area contributed by atoms with Crippen molar-refractivity contribution in [2.45, 2.75) is 13.8 Å². The number of ether oxygens (including phenoxy) is 2. The van der Waals surface area contributed by atoms with E-state index in [2.05, 4.69) is 4.74 Å². The normalized spacial score (nSPS) is 9.80. The molecule has 9 nitrogen and oxygen atoms in total. The van der Waals surface area contributed by atoms with Gasteiger partial charge in [-0.15, -0.1) is 0 Å². The Bertz CT molecular complexity index is 382. The number of aliphatic carboxylic acids is 1. The molecule has 20 heavy (non-hydrogen) atoms. The number of hydrogen-bond donors (Lipinski definition) is 3. The molecule has 0 bridgehead atoms. The second-order valence-corrected chi connectivity index (χ2v) is 4.18. The van der Waals surface area contributed by atoms with Crippen LogP contribution in [0.3, 0.4) is 0 Å². The number of hydrogen-bond acceptors (Lipinski definition) is 6. The first-order valence-electron chi connectivity index (χ1n) is 5.86. The zero-order valence-corrected chi connectivity index (χ0v) is 11.6. The van der Waals surface area contributed by atoms with E-state index in [1.165, 1.54) is 7.05 Å². The molecule has 3 N–H and O–H groups in total. The molecule has 114 valence electrons. The van der Waals surface area contributed by atoms with Gasteiger partial charge in [-0.3, -0.25) is 20.3 Å². The van der Waals surface area contributed by atoms with Gasteiger partial charge < -0.3 is 19.5 Å². The Morgan fingerprint density at radius 3 is 2.30 bits per heavy atom. The number of nitrogens with zero attached hydrogens (tertiary/aromatic N) is 1. The van der Waals surface area contributed by atoms with Crippen LogP contribution in [0.2, 0.25) is 0 Å². The maximum Gasteiger partial charge on any atom is 0.414 e. The van der Waals surface area contributed by atoms with Crippen LogP contribution in [0.1, 0.15) is 13.8 Å². The van der Waals surface area contributed by atoms with Gasteiger partial charge in [-0.25, -0.2) is 4.79 Å². The Morgan fingerprint density at radius 1 is 1.25 bits per heavy atom. The third-order valence-electron chi connectivity index (χ3n) is 2.01. The molecular weight excluding hydrogens is 270 g/mol. The summed E-state index contributed by atoms with van der Waals surface area (Å²) in [5.74, 6) is -2.20. The van der Waals surface area contributed by atoms with Crippen molar-refractivity contribution in [2.75, 3.05) is 26.8 Å². The molecule has 0 aromatic rings. The molecule has 0 saturated carbocycles. The van der Waals surface area contributed by atoms with Crippen molar-refractivity contribution in [3.05, 3.63) is 0 Å².